The second-order valence-electron chi connectivity index (χ2n) is 4.69. The molecule has 18 heavy (non-hydrogen) atoms. The van der Waals surface area contributed by atoms with Crippen molar-refractivity contribution in [2.75, 3.05) is 5.33 Å². The fraction of sp³-hybridized carbons (Fsp3) is 0.400. The highest BCUT2D eigenvalue weighted by Crippen LogP contribution is 2.34. The van der Waals surface area contributed by atoms with E-state index in [1.54, 1.807) is 11.3 Å². The van der Waals surface area contributed by atoms with Gasteiger partial charge >= 0.3 is 0 Å². The molecule has 1 atom stereocenters. The van der Waals surface area contributed by atoms with Gasteiger partial charge in [0.1, 0.15) is 0 Å². The molecule has 0 fully saturated rings. The number of thiazole rings is 1. The lowest BCUT2D eigenvalue weighted by atomic mass is 9.77. The number of alkyl halides is 1. The standard InChI is InChI=1S/C15H18BrNS/c1-3-15(11-16,13-7-5-4-6-8-13)9-14-17-12(2)10-18-14/h4-8,10H,3,9,11H2,1-2H3. The Morgan fingerprint density at radius 2 is 2.00 bits per heavy atom. The molecule has 2 aromatic rings. The van der Waals surface area contributed by atoms with Crippen molar-refractivity contribution < 1.29 is 0 Å². The van der Waals surface area contributed by atoms with E-state index in [1.807, 2.05) is 0 Å². The number of aromatic nitrogens is 1. The van der Waals surface area contributed by atoms with E-state index in [9.17, 15) is 0 Å². The Hall–Kier alpha value is -0.670. The summed E-state index contributed by atoms with van der Waals surface area (Å²) in [5.41, 5.74) is 2.69. The summed E-state index contributed by atoms with van der Waals surface area (Å²) in [5.74, 6) is 0. The molecule has 1 heterocycles. The first kappa shape index (κ1) is 13.8. The van der Waals surface area contributed by atoms with E-state index in [0.29, 0.717) is 0 Å². The normalized spacial score (nSPS) is 14.4. The van der Waals surface area contributed by atoms with Gasteiger partial charge in [0.05, 0.1) is 5.01 Å². The van der Waals surface area contributed by atoms with Crippen LogP contribution < -0.4 is 0 Å². The van der Waals surface area contributed by atoms with Crippen molar-refractivity contribution >= 4 is 27.3 Å². The number of aryl methyl sites for hydroxylation is 1. The molecule has 0 N–H and O–H groups in total. The highest BCUT2D eigenvalue weighted by atomic mass is 79.9. The van der Waals surface area contributed by atoms with Gasteiger partial charge in [-0.1, -0.05) is 53.2 Å². The maximum absolute atomic E-state index is 4.61. The molecule has 2 rings (SSSR count). The highest BCUT2D eigenvalue weighted by Gasteiger charge is 2.30. The summed E-state index contributed by atoms with van der Waals surface area (Å²) in [6, 6.07) is 10.8. The number of hydrogen-bond donors (Lipinski definition) is 0. The molecular formula is C15H18BrNS. The summed E-state index contributed by atoms with van der Waals surface area (Å²) < 4.78 is 0. The minimum atomic E-state index is 0.158. The molecule has 0 radical (unpaired) electrons. The summed E-state index contributed by atoms with van der Waals surface area (Å²) >= 11 is 5.48. The van der Waals surface area contributed by atoms with Gasteiger partial charge in [0.15, 0.2) is 0 Å². The fourth-order valence-corrected chi connectivity index (χ4v) is 4.05. The maximum Gasteiger partial charge on any atom is 0.0937 e. The van der Waals surface area contributed by atoms with Crippen molar-refractivity contribution in [1.29, 1.82) is 0 Å². The van der Waals surface area contributed by atoms with Crippen LogP contribution in [0.4, 0.5) is 0 Å². The summed E-state index contributed by atoms with van der Waals surface area (Å²) in [4.78, 5) is 4.61. The van der Waals surface area contributed by atoms with Crippen LogP contribution in [-0.4, -0.2) is 10.3 Å². The van der Waals surface area contributed by atoms with Crippen molar-refractivity contribution in [2.45, 2.75) is 32.1 Å². The molecule has 0 aliphatic heterocycles. The van der Waals surface area contributed by atoms with E-state index in [2.05, 4.69) is 70.5 Å². The Morgan fingerprint density at radius 3 is 2.50 bits per heavy atom. The third-order valence-electron chi connectivity index (χ3n) is 3.47. The van der Waals surface area contributed by atoms with E-state index in [-0.39, 0.29) is 5.41 Å². The average Bonchev–Trinajstić information content (AvgIpc) is 2.82. The molecule has 96 valence electrons. The van der Waals surface area contributed by atoms with Crippen LogP contribution in [0.25, 0.3) is 0 Å². The fourth-order valence-electron chi connectivity index (χ4n) is 2.22. The van der Waals surface area contributed by atoms with Crippen molar-refractivity contribution in [3.05, 3.63) is 52.0 Å². The Labute approximate surface area is 121 Å². The van der Waals surface area contributed by atoms with E-state index in [0.717, 1.165) is 23.9 Å². The summed E-state index contributed by atoms with van der Waals surface area (Å²) in [5, 5.41) is 4.34. The quantitative estimate of drug-likeness (QED) is 0.724. The van der Waals surface area contributed by atoms with Gasteiger partial charge in [-0.15, -0.1) is 11.3 Å². The predicted molar refractivity (Wildman–Crippen MR) is 82.8 cm³/mol. The van der Waals surface area contributed by atoms with Gasteiger partial charge in [-0.05, 0) is 18.9 Å². The molecule has 0 aliphatic rings. The first-order valence-electron chi connectivity index (χ1n) is 6.22. The predicted octanol–water partition coefficient (Wildman–Crippen LogP) is 4.74. The Bertz CT molecular complexity index is 488. The van der Waals surface area contributed by atoms with Crippen LogP contribution >= 0.6 is 27.3 Å². The Kier molecular flexibility index (Phi) is 4.57. The van der Waals surface area contributed by atoms with Crippen molar-refractivity contribution in [3.63, 3.8) is 0 Å². The third kappa shape index (κ3) is 2.83. The monoisotopic (exact) mass is 323 g/mol. The summed E-state index contributed by atoms with van der Waals surface area (Å²) in [6.07, 6.45) is 2.12. The van der Waals surface area contributed by atoms with Gasteiger partial charge in [0, 0.05) is 28.2 Å². The van der Waals surface area contributed by atoms with Crippen LogP contribution in [0.2, 0.25) is 0 Å². The van der Waals surface area contributed by atoms with Gasteiger partial charge in [-0.25, -0.2) is 4.98 Å². The molecule has 0 amide bonds. The van der Waals surface area contributed by atoms with Crippen LogP contribution in [0.15, 0.2) is 35.7 Å². The molecule has 0 saturated heterocycles. The molecule has 3 heteroatoms. The SMILES string of the molecule is CCC(CBr)(Cc1nc(C)cs1)c1ccccc1. The molecule has 0 spiro atoms. The second-order valence-corrected chi connectivity index (χ2v) is 6.20. The van der Waals surface area contributed by atoms with Crippen molar-refractivity contribution in [1.82, 2.24) is 4.98 Å². The molecule has 0 saturated carbocycles. The lowest BCUT2D eigenvalue weighted by Crippen LogP contribution is -2.30. The Balaban J connectivity index is 2.32. The topological polar surface area (TPSA) is 12.9 Å². The van der Waals surface area contributed by atoms with Crippen LogP contribution in [0.3, 0.4) is 0 Å². The second kappa shape index (κ2) is 5.98. The number of nitrogens with zero attached hydrogens (tertiary/aromatic N) is 1. The molecule has 1 aromatic heterocycles. The molecule has 1 unspecified atom stereocenters. The lowest BCUT2D eigenvalue weighted by molar-refractivity contribution is 0.463. The zero-order valence-corrected chi connectivity index (χ0v) is 13.2. The highest BCUT2D eigenvalue weighted by molar-refractivity contribution is 9.09. The van der Waals surface area contributed by atoms with Gasteiger partial charge in [-0.3, -0.25) is 0 Å². The van der Waals surface area contributed by atoms with Gasteiger partial charge in [0.25, 0.3) is 0 Å². The third-order valence-corrected chi connectivity index (χ3v) is 5.51. The first-order chi connectivity index (χ1) is 8.70. The summed E-state index contributed by atoms with van der Waals surface area (Å²) in [6.45, 7) is 4.32. The van der Waals surface area contributed by atoms with E-state index in [4.69, 9.17) is 0 Å². The molecular weight excluding hydrogens is 306 g/mol. The average molecular weight is 324 g/mol. The largest absolute Gasteiger partial charge is 0.247 e. The minimum Gasteiger partial charge on any atom is -0.247 e. The van der Waals surface area contributed by atoms with Crippen molar-refractivity contribution in [3.8, 4) is 0 Å². The van der Waals surface area contributed by atoms with Crippen LogP contribution in [0, 0.1) is 6.92 Å². The minimum absolute atomic E-state index is 0.158. The smallest absolute Gasteiger partial charge is 0.0937 e. The number of halogens is 1. The zero-order chi connectivity index (χ0) is 13.0. The Morgan fingerprint density at radius 1 is 1.28 bits per heavy atom. The first-order valence-corrected chi connectivity index (χ1v) is 8.23. The summed E-state index contributed by atoms with van der Waals surface area (Å²) in [7, 11) is 0. The van der Waals surface area contributed by atoms with Crippen molar-refractivity contribution in [2.24, 2.45) is 0 Å². The number of rotatable bonds is 5. The van der Waals surface area contributed by atoms with Gasteiger partial charge < -0.3 is 0 Å². The molecule has 1 aromatic carbocycles. The molecule has 1 nitrogen and oxygen atoms in total. The van der Waals surface area contributed by atoms with Crippen LogP contribution in [-0.2, 0) is 11.8 Å². The number of benzene rings is 1. The molecule has 0 aliphatic carbocycles. The van der Waals surface area contributed by atoms with Crippen LogP contribution in [0.1, 0.15) is 29.6 Å². The molecule has 0 bridgehead atoms. The van der Waals surface area contributed by atoms with E-state index < -0.39 is 0 Å². The van der Waals surface area contributed by atoms with Gasteiger partial charge in [0.2, 0.25) is 0 Å². The van der Waals surface area contributed by atoms with Crippen LogP contribution in [0.5, 0.6) is 0 Å². The zero-order valence-electron chi connectivity index (χ0n) is 10.8. The lowest BCUT2D eigenvalue weighted by Gasteiger charge is -2.30. The number of hydrogen-bond acceptors (Lipinski definition) is 2. The van der Waals surface area contributed by atoms with E-state index >= 15 is 0 Å². The van der Waals surface area contributed by atoms with E-state index in [1.165, 1.54) is 10.6 Å². The maximum atomic E-state index is 4.61. The van der Waals surface area contributed by atoms with Gasteiger partial charge in [-0.2, -0.15) is 0 Å².